The summed E-state index contributed by atoms with van der Waals surface area (Å²) in [5.41, 5.74) is 6.30. The molecule has 0 radical (unpaired) electrons. The number of nitriles is 1. The van der Waals surface area contributed by atoms with E-state index in [0.717, 1.165) is 17.4 Å². The van der Waals surface area contributed by atoms with Gasteiger partial charge in [0.1, 0.15) is 23.2 Å². The number of nitrogens with zero attached hydrogens (tertiary/aromatic N) is 4. The van der Waals surface area contributed by atoms with E-state index in [9.17, 15) is 25.0 Å². The number of esters is 1. The first-order valence-corrected chi connectivity index (χ1v) is 8.71. The number of carbonyl (C=O) groups is 2. The maximum Gasteiger partial charge on any atom is 0.338 e. The van der Waals surface area contributed by atoms with E-state index in [1.807, 2.05) is 30.3 Å². The molecule has 0 unspecified atom stereocenters. The summed E-state index contributed by atoms with van der Waals surface area (Å²) < 4.78 is 4.98. The zero-order valence-corrected chi connectivity index (χ0v) is 16.2. The summed E-state index contributed by atoms with van der Waals surface area (Å²) in [5.74, 6) is -1.27. The van der Waals surface area contributed by atoms with E-state index < -0.39 is 29.0 Å². The number of nitrogen functional groups attached to an aromatic ring is 1. The average molecular weight is 407 g/mol. The number of nitro benzene ring substituents is 1. The summed E-state index contributed by atoms with van der Waals surface area (Å²) in [5, 5.41) is 20.5. The normalized spacial score (nSPS) is 12.2. The Morgan fingerprint density at radius 2 is 1.77 bits per heavy atom. The average Bonchev–Trinajstić information content (AvgIpc) is 2.98. The minimum Gasteiger partial charge on any atom is -0.454 e. The molecule has 0 aliphatic carbocycles. The lowest BCUT2D eigenvalue weighted by atomic mass is 10.1. The van der Waals surface area contributed by atoms with Crippen molar-refractivity contribution >= 4 is 34.5 Å². The minimum atomic E-state index is -0.940. The van der Waals surface area contributed by atoms with Crippen LogP contribution in [0.3, 0.4) is 0 Å². The lowest BCUT2D eigenvalue weighted by molar-refractivity contribution is -0.383. The molecule has 0 amide bonds. The van der Waals surface area contributed by atoms with Gasteiger partial charge in [-0.3, -0.25) is 14.9 Å². The number of rotatable bonds is 5. The highest BCUT2D eigenvalue weighted by atomic mass is 16.6. The monoisotopic (exact) mass is 407 g/mol. The van der Waals surface area contributed by atoms with Gasteiger partial charge >= 0.3 is 5.97 Å². The van der Waals surface area contributed by atoms with Gasteiger partial charge in [0.15, 0.2) is 6.61 Å². The second-order valence-corrected chi connectivity index (χ2v) is 6.45. The molecule has 0 aromatic heterocycles. The predicted octanol–water partition coefficient (Wildman–Crippen LogP) is 2.22. The molecule has 0 atom stereocenters. The number of fused-ring (bicyclic) bond motifs is 1. The molecular weight excluding hydrogens is 390 g/mol. The zero-order chi connectivity index (χ0) is 22.0. The summed E-state index contributed by atoms with van der Waals surface area (Å²) in [6.07, 6.45) is 0. The number of nitro groups is 1. The van der Waals surface area contributed by atoms with Crippen LogP contribution < -0.4 is 15.5 Å². The fraction of sp³-hybridized carbons (Fsp3) is 0.150. The van der Waals surface area contributed by atoms with Crippen LogP contribution in [0.1, 0.15) is 10.4 Å². The number of hydrogen-bond acceptors (Lipinski definition) is 9. The van der Waals surface area contributed by atoms with Crippen LogP contribution in [0.5, 0.6) is 0 Å². The van der Waals surface area contributed by atoms with Gasteiger partial charge in [-0.05, 0) is 24.3 Å². The van der Waals surface area contributed by atoms with Gasteiger partial charge in [0.25, 0.3) is 5.69 Å². The fourth-order valence-corrected chi connectivity index (χ4v) is 3.17. The third-order valence-electron chi connectivity index (χ3n) is 4.65. The molecule has 3 rings (SSSR count). The number of hydrogen-bond donors (Lipinski definition) is 1. The molecule has 0 saturated heterocycles. The summed E-state index contributed by atoms with van der Waals surface area (Å²) in [6.45, 7) is -0.693. The van der Waals surface area contributed by atoms with Gasteiger partial charge in [-0.2, -0.15) is 5.26 Å². The van der Waals surface area contributed by atoms with Crippen LogP contribution in [0.15, 0.2) is 53.9 Å². The van der Waals surface area contributed by atoms with Crippen molar-refractivity contribution in [3.05, 3.63) is 69.5 Å². The standard InChI is InChI=1S/C20H17N5O5/c1-23-15-5-3-4-6-16(15)24(2)19(23)13(10-21)18(26)11-30-20(27)12-7-8-14(22)17(9-12)25(28)29/h3-9H,11,22H2,1-2H3. The maximum absolute atomic E-state index is 12.6. The highest BCUT2D eigenvalue weighted by molar-refractivity contribution is 6.04. The Morgan fingerprint density at radius 1 is 1.17 bits per heavy atom. The van der Waals surface area contributed by atoms with Crippen LogP contribution in [0.4, 0.5) is 22.7 Å². The van der Waals surface area contributed by atoms with Gasteiger partial charge in [-0.15, -0.1) is 0 Å². The lowest BCUT2D eigenvalue weighted by Gasteiger charge is -2.19. The van der Waals surface area contributed by atoms with Crippen molar-refractivity contribution in [3.63, 3.8) is 0 Å². The van der Waals surface area contributed by atoms with Crippen molar-refractivity contribution < 1.29 is 19.2 Å². The molecular formula is C20H17N5O5. The molecule has 0 fully saturated rings. The van der Waals surface area contributed by atoms with Crippen molar-refractivity contribution in [2.45, 2.75) is 0 Å². The number of benzene rings is 2. The highest BCUT2D eigenvalue weighted by Gasteiger charge is 2.31. The molecule has 1 aliphatic heterocycles. The Balaban J connectivity index is 1.80. The predicted molar refractivity (Wildman–Crippen MR) is 109 cm³/mol. The molecule has 2 N–H and O–H groups in total. The van der Waals surface area contributed by atoms with E-state index in [2.05, 4.69) is 0 Å². The highest BCUT2D eigenvalue weighted by Crippen LogP contribution is 2.40. The van der Waals surface area contributed by atoms with E-state index in [-0.39, 0.29) is 16.8 Å². The Hall–Kier alpha value is -4.39. The van der Waals surface area contributed by atoms with Crippen LogP contribution in [-0.4, -0.2) is 37.4 Å². The number of ketones is 1. The molecule has 1 heterocycles. The Kier molecular flexibility index (Phi) is 5.37. The Bertz CT molecular complexity index is 1100. The largest absolute Gasteiger partial charge is 0.454 e. The number of anilines is 3. The van der Waals surface area contributed by atoms with Crippen LogP contribution in [0.25, 0.3) is 0 Å². The molecule has 152 valence electrons. The summed E-state index contributed by atoms with van der Waals surface area (Å²) in [6, 6.07) is 12.7. The van der Waals surface area contributed by atoms with Gasteiger partial charge in [-0.1, -0.05) is 12.1 Å². The second kappa shape index (κ2) is 7.92. The van der Waals surface area contributed by atoms with Gasteiger partial charge in [-0.25, -0.2) is 4.79 Å². The first-order valence-electron chi connectivity index (χ1n) is 8.71. The number of Topliss-reactive ketones (excluding diaryl/α,β-unsaturated/α-hetero) is 1. The van der Waals surface area contributed by atoms with Crippen LogP contribution in [0, 0.1) is 21.4 Å². The lowest BCUT2D eigenvalue weighted by Crippen LogP contribution is -2.27. The molecule has 2 aromatic carbocycles. The molecule has 0 saturated carbocycles. The van der Waals surface area contributed by atoms with Crippen molar-refractivity contribution in [2.75, 3.05) is 36.2 Å². The van der Waals surface area contributed by atoms with Gasteiger partial charge in [0.2, 0.25) is 5.78 Å². The van der Waals surface area contributed by atoms with Gasteiger partial charge in [0.05, 0.1) is 21.9 Å². The first kappa shape index (κ1) is 20.3. The van der Waals surface area contributed by atoms with E-state index in [1.165, 1.54) is 12.1 Å². The molecule has 0 spiro atoms. The second-order valence-electron chi connectivity index (χ2n) is 6.45. The van der Waals surface area contributed by atoms with E-state index in [1.54, 1.807) is 23.9 Å². The quantitative estimate of drug-likeness (QED) is 0.197. The zero-order valence-electron chi connectivity index (χ0n) is 16.2. The third-order valence-corrected chi connectivity index (χ3v) is 4.65. The Morgan fingerprint density at radius 3 is 2.30 bits per heavy atom. The summed E-state index contributed by atoms with van der Waals surface area (Å²) >= 11 is 0. The number of ether oxygens (including phenoxy) is 1. The molecule has 10 heteroatoms. The van der Waals surface area contributed by atoms with E-state index in [0.29, 0.717) is 5.82 Å². The minimum absolute atomic E-state index is 0.101. The SMILES string of the molecule is CN1C(=C(C#N)C(=O)COC(=O)c2ccc(N)c([N+](=O)[O-])c2)N(C)c2ccccc21. The van der Waals surface area contributed by atoms with Gasteiger partial charge in [0, 0.05) is 20.2 Å². The number of nitrogens with two attached hydrogens (primary N) is 1. The van der Waals surface area contributed by atoms with Crippen LogP contribution in [0.2, 0.25) is 0 Å². The van der Waals surface area contributed by atoms with Crippen molar-refractivity contribution in [2.24, 2.45) is 0 Å². The summed E-state index contributed by atoms with van der Waals surface area (Å²) in [7, 11) is 3.45. The van der Waals surface area contributed by atoms with E-state index >= 15 is 0 Å². The fourth-order valence-electron chi connectivity index (χ4n) is 3.17. The Labute approximate surface area is 171 Å². The third kappa shape index (κ3) is 3.51. The number of para-hydroxylation sites is 2. The van der Waals surface area contributed by atoms with E-state index in [4.69, 9.17) is 10.5 Å². The smallest absolute Gasteiger partial charge is 0.338 e. The topological polar surface area (TPSA) is 143 Å². The molecule has 2 aromatic rings. The molecule has 0 bridgehead atoms. The van der Waals surface area contributed by atoms with Crippen LogP contribution in [-0.2, 0) is 9.53 Å². The maximum atomic E-state index is 12.6. The number of carbonyl (C=O) groups excluding carboxylic acids is 2. The summed E-state index contributed by atoms with van der Waals surface area (Å²) in [4.78, 5) is 38.5. The van der Waals surface area contributed by atoms with Crippen molar-refractivity contribution in [1.29, 1.82) is 5.26 Å². The molecule has 30 heavy (non-hydrogen) atoms. The van der Waals surface area contributed by atoms with Crippen LogP contribution >= 0.6 is 0 Å². The van der Waals surface area contributed by atoms with Gasteiger partial charge < -0.3 is 20.3 Å². The molecule has 10 nitrogen and oxygen atoms in total. The van der Waals surface area contributed by atoms with Crippen molar-refractivity contribution in [3.8, 4) is 6.07 Å². The van der Waals surface area contributed by atoms with Crippen molar-refractivity contribution in [1.82, 2.24) is 0 Å². The molecule has 1 aliphatic rings. The first-order chi connectivity index (χ1) is 14.3.